The number of furan rings is 1. The van der Waals surface area contributed by atoms with E-state index in [4.69, 9.17) is 4.42 Å². The Balaban J connectivity index is 1.54. The molecular weight excluding hydrogens is 400 g/mol. The van der Waals surface area contributed by atoms with Crippen molar-refractivity contribution in [2.75, 3.05) is 0 Å². The summed E-state index contributed by atoms with van der Waals surface area (Å²) in [5, 5.41) is 3.59. The van der Waals surface area contributed by atoms with E-state index in [1.165, 1.54) is 38.2 Å². The largest absolute Gasteiger partial charge is 0.450 e. The van der Waals surface area contributed by atoms with Crippen LogP contribution >= 0.6 is 11.8 Å². The Morgan fingerprint density at radius 3 is 2.53 bits per heavy atom. The summed E-state index contributed by atoms with van der Waals surface area (Å²) in [6.07, 6.45) is 7.55. The monoisotopic (exact) mass is 424 g/mol. The quantitative estimate of drug-likeness (QED) is 0.544. The van der Waals surface area contributed by atoms with Crippen LogP contribution in [-0.4, -0.2) is 28.0 Å². The third-order valence-corrected chi connectivity index (χ3v) is 6.78. The summed E-state index contributed by atoms with van der Waals surface area (Å²) in [5.41, 5.74) is 0.694. The van der Waals surface area contributed by atoms with Crippen LogP contribution in [-0.2, 0) is 9.59 Å². The number of barbiturate groups is 1. The van der Waals surface area contributed by atoms with Crippen molar-refractivity contribution in [1.82, 2.24) is 10.2 Å². The van der Waals surface area contributed by atoms with Crippen molar-refractivity contribution in [3.63, 3.8) is 0 Å². The molecule has 1 saturated carbocycles. The number of urea groups is 1. The molecule has 6 nitrogen and oxygen atoms in total. The number of rotatable bonds is 5. The van der Waals surface area contributed by atoms with Gasteiger partial charge in [-0.25, -0.2) is 4.79 Å². The van der Waals surface area contributed by atoms with Gasteiger partial charge in [-0.1, -0.05) is 61.4 Å². The Bertz CT molecular complexity index is 976. The van der Waals surface area contributed by atoms with Gasteiger partial charge in [-0.15, -0.1) is 0 Å². The van der Waals surface area contributed by atoms with Crippen LogP contribution < -0.4 is 5.32 Å². The fourth-order valence-electron chi connectivity index (χ4n) is 3.87. The van der Waals surface area contributed by atoms with E-state index in [9.17, 15) is 14.4 Å². The molecule has 0 bridgehead atoms. The van der Waals surface area contributed by atoms with Crippen LogP contribution in [0.2, 0.25) is 0 Å². The van der Waals surface area contributed by atoms with E-state index in [-0.39, 0.29) is 5.57 Å². The molecule has 1 aliphatic heterocycles. The first-order chi connectivity index (χ1) is 14.5. The summed E-state index contributed by atoms with van der Waals surface area (Å²) in [5.74, 6) is -0.911. The van der Waals surface area contributed by atoms with E-state index < -0.39 is 23.9 Å². The summed E-state index contributed by atoms with van der Waals surface area (Å²) in [7, 11) is 0. The maximum absolute atomic E-state index is 13.0. The van der Waals surface area contributed by atoms with Crippen molar-refractivity contribution < 1.29 is 18.8 Å². The van der Waals surface area contributed by atoms with E-state index >= 15 is 0 Å². The molecule has 0 radical (unpaired) electrons. The van der Waals surface area contributed by atoms with Crippen molar-refractivity contribution in [3.8, 4) is 0 Å². The topological polar surface area (TPSA) is 79.6 Å². The molecule has 2 heterocycles. The van der Waals surface area contributed by atoms with Crippen LogP contribution in [0.4, 0.5) is 4.79 Å². The van der Waals surface area contributed by atoms with E-state index in [0.29, 0.717) is 11.0 Å². The molecule has 2 aromatic rings. The lowest BCUT2D eigenvalue weighted by Gasteiger charge is -2.31. The highest BCUT2D eigenvalue weighted by molar-refractivity contribution is 7.99. The SMILES string of the molecule is CC(c1ccccc1)N1C(=O)NC(=O)/C(=C/c2ccc(SC3CCCCC3)o2)C1=O. The number of imide groups is 2. The summed E-state index contributed by atoms with van der Waals surface area (Å²) >= 11 is 1.71. The molecule has 4 rings (SSSR count). The number of hydrogen-bond acceptors (Lipinski definition) is 5. The Kier molecular flexibility index (Phi) is 6.08. The van der Waals surface area contributed by atoms with Gasteiger partial charge in [0.2, 0.25) is 0 Å². The van der Waals surface area contributed by atoms with Crippen molar-refractivity contribution in [2.45, 2.75) is 55.4 Å². The van der Waals surface area contributed by atoms with Gasteiger partial charge in [-0.05, 0) is 43.5 Å². The minimum absolute atomic E-state index is 0.110. The van der Waals surface area contributed by atoms with Crippen LogP contribution in [0.1, 0.15) is 56.4 Å². The molecule has 2 fully saturated rings. The first-order valence-corrected chi connectivity index (χ1v) is 11.1. The molecule has 156 valence electrons. The fourth-order valence-corrected chi connectivity index (χ4v) is 5.06. The van der Waals surface area contributed by atoms with Gasteiger partial charge in [-0.2, -0.15) is 0 Å². The van der Waals surface area contributed by atoms with E-state index in [1.807, 2.05) is 36.4 Å². The minimum Gasteiger partial charge on any atom is -0.450 e. The molecule has 1 atom stereocenters. The third kappa shape index (κ3) is 4.36. The highest BCUT2D eigenvalue weighted by Gasteiger charge is 2.39. The van der Waals surface area contributed by atoms with Crippen LogP contribution in [0.3, 0.4) is 0 Å². The highest BCUT2D eigenvalue weighted by atomic mass is 32.2. The zero-order valence-electron chi connectivity index (χ0n) is 16.8. The molecule has 1 N–H and O–H groups in total. The molecule has 2 aliphatic rings. The first-order valence-electron chi connectivity index (χ1n) is 10.2. The average molecular weight is 425 g/mol. The fraction of sp³-hybridized carbons (Fsp3) is 0.348. The third-order valence-electron chi connectivity index (χ3n) is 5.53. The smallest absolute Gasteiger partial charge is 0.331 e. The molecule has 1 aliphatic carbocycles. The van der Waals surface area contributed by atoms with Gasteiger partial charge in [-0.3, -0.25) is 19.8 Å². The number of thioether (sulfide) groups is 1. The zero-order valence-corrected chi connectivity index (χ0v) is 17.6. The minimum atomic E-state index is -0.716. The first kappa shape index (κ1) is 20.5. The lowest BCUT2D eigenvalue weighted by Crippen LogP contribution is -2.54. The van der Waals surface area contributed by atoms with Crippen molar-refractivity contribution in [2.24, 2.45) is 0 Å². The summed E-state index contributed by atoms with van der Waals surface area (Å²) in [6.45, 7) is 1.76. The van der Waals surface area contributed by atoms with Gasteiger partial charge >= 0.3 is 6.03 Å². The summed E-state index contributed by atoms with van der Waals surface area (Å²) < 4.78 is 5.84. The number of carbonyl (C=O) groups is 3. The molecule has 7 heteroatoms. The van der Waals surface area contributed by atoms with Crippen molar-refractivity contribution >= 4 is 35.7 Å². The maximum atomic E-state index is 13.0. The molecular formula is C23H24N2O4S. The summed E-state index contributed by atoms with van der Waals surface area (Å²) in [6, 6.07) is 11.6. The highest BCUT2D eigenvalue weighted by Crippen LogP contribution is 2.35. The Labute approximate surface area is 179 Å². The number of amides is 4. The number of carbonyl (C=O) groups excluding carboxylic acids is 3. The van der Waals surface area contributed by atoms with Crippen LogP contribution in [0, 0.1) is 0 Å². The number of hydrogen-bond donors (Lipinski definition) is 1. The normalized spacial score (nSPS) is 20.5. The van der Waals surface area contributed by atoms with E-state index in [2.05, 4.69) is 5.32 Å². The molecule has 4 amide bonds. The maximum Gasteiger partial charge on any atom is 0.331 e. The van der Waals surface area contributed by atoms with E-state index in [0.717, 1.165) is 15.6 Å². The van der Waals surface area contributed by atoms with Crippen LogP contribution in [0.5, 0.6) is 0 Å². The number of benzene rings is 1. The van der Waals surface area contributed by atoms with Crippen LogP contribution in [0.15, 0.2) is 57.5 Å². The van der Waals surface area contributed by atoms with Gasteiger partial charge in [0.1, 0.15) is 11.3 Å². The molecule has 30 heavy (non-hydrogen) atoms. The molecule has 1 aromatic heterocycles. The van der Waals surface area contributed by atoms with Crippen molar-refractivity contribution in [3.05, 3.63) is 59.4 Å². The second-order valence-electron chi connectivity index (χ2n) is 7.61. The number of nitrogens with zero attached hydrogens (tertiary/aromatic N) is 1. The van der Waals surface area contributed by atoms with Gasteiger partial charge in [0, 0.05) is 5.25 Å². The second kappa shape index (κ2) is 8.92. The Morgan fingerprint density at radius 2 is 1.80 bits per heavy atom. The molecule has 0 spiro atoms. The van der Waals surface area contributed by atoms with Gasteiger partial charge in [0.05, 0.1) is 6.04 Å². The lowest BCUT2D eigenvalue weighted by atomic mass is 10.0. The second-order valence-corrected chi connectivity index (χ2v) is 8.92. The van der Waals surface area contributed by atoms with Crippen LogP contribution in [0.25, 0.3) is 6.08 Å². The van der Waals surface area contributed by atoms with Gasteiger partial charge < -0.3 is 4.42 Å². The van der Waals surface area contributed by atoms with E-state index in [1.54, 1.807) is 24.8 Å². The Morgan fingerprint density at radius 1 is 1.07 bits per heavy atom. The van der Waals surface area contributed by atoms with Gasteiger partial charge in [0.15, 0.2) is 5.09 Å². The predicted octanol–water partition coefficient (Wildman–Crippen LogP) is 4.93. The zero-order chi connectivity index (χ0) is 21.1. The lowest BCUT2D eigenvalue weighted by molar-refractivity contribution is -0.131. The Hall–Kier alpha value is -2.80. The van der Waals surface area contributed by atoms with Crippen molar-refractivity contribution in [1.29, 1.82) is 0 Å². The molecule has 1 saturated heterocycles. The molecule has 1 aromatic carbocycles. The number of nitrogens with one attached hydrogen (secondary N) is 1. The average Bonchev–Trinajstić information content (AvgIpc) is 3.19. The van der Waals surface area contributed by atoms with Gasteiger partial charge in [0.25, 0.3) is 11.8 Å². The standard InChI is InChI=1S/C23H24N2O4S/c1-15(16-8-4-2-5-9-16)25-22(27)19(21(26)24-23(25)28)14-17-12-13-20(29-17)30-18-10-6-3-7-11-18/h2,4-5,8-9,12-15,18H,3,6-7,10-11H2,1H3,(H,24,26,28)/b19-14-. The summed E-state index contributed by atoms with van der Waals surface area (Å²) in [4.78, 5) is 38.8. The predicted molar refractivity (Wildman–Crippen MR) is 115 cm³/mol. The molecule has 1 unspecified atom stereocenters.